The molecule has 1 heterocycles. The first-order chi connectivity index (χ1) is 9.28. The van der Waals surface area contributed by atoms with E-state index >= 15 is 0 Å². The van der Waals surface area contributed by atoms with Gasteiger partial charge in [0.25, 0.3) is 0 Å². The van der Waals surface area contributed by atoms with Gasteiger partial charge in [0.1, 0.15) is 0 Å². The molecule has 1 aliphatic rings. The second-order valence-corrected chi connectivity index (χ2v) is 5.86. The number of carbonyl (C=O) groups excluding carboxylic acids is 2. The summed E-state index contributed by atoms with van der Waals surface area (Å²) in [6.45, 7) is 6.73. The van der Waals surface area contributed by atoms with Crippen LogP contribution in [0.3, 0.4) is 0 Å². The van der Waals surface area contributed by atoms with Crippen LogP contribution >= 0.6 is 12.2 Å². The van der Waals surface area contributed by atoms with Crippen LogP contribution in [0.15, 0.2) is 0 Å². The predicted molar refractivity (Wildman–Crippen MR) is 80.3 cm³/mol. The molecule has 7 heteroatoms. The molecule has 0 aromatic heterocycles. The highest BCUT2D eigenvalue weighted by Crippen LogP contribution is 2.18. The molecule has 0 unspecified atom stereocenters. The molecule has 0 radical (unpaired) electrons. The number of carbonyl (C=O) groups is 2. The van der Waals surface area contributed by atoms with Crippen molar-refractivity contribution in [1.29, 1.82) is 0 Å². The van der Waals surface area contributed by atoms with Crippen molar-refractivity contribution in [3.8, 4) is 0 Å². The largest absolute Gasteiger partial charge is 0.450 e. The number of piperidine rings is 1. The van der Waals surface area contributed by atoms with Crippen LogP contribution in [-0.4, -0.2) is 47.6 Å². The monoisotopic (exact) mass is 301 g/mol. The molecule has 0 aromatic rings. The SMILES string of the molecule is CCOC(=O)N1CCC(NC(=O)C(C)(C)C(N)=S)CC1. The molecule has 1 saturated heterocycles. The molecule has 20 heavy (non-hydrogen) atoms. The second-order valence-electron chi connectivity index (χ2n) is 5.42. The smallest absolute Gasteiger partial charge is 0.409 e. The van der Waals surface area contributed by atoms with Crippen molar-refractivity contribution in [1.82, 2.24) is 10.2 Å². The fourth-order valence-corrected chi connectivity index (χ4v) is 1.99. The average molecular weight is 301 g/mol. The molecule has 0 atom stereocenters. The highest BCUT2D eigenvalue weighted by atomic mass is 32.1. The Hall–Kier alpha value is -1.37. The number of likely N-dealkylation sites (tertiary alicyclic amines) is 1. The van der Waals surface area contributed by atoms with Crippen LogP contribution in [0.2, 0.25) is 0 Å². The van der Waals surface area contributed by atoms with Gasteiger partial charge in [-0.05, 0) is 33.6 Å². The summed E-state index contributed by atoms with van der Waals surface area (Å²) >= 11 is 4.91. The number of nitrogens with zero attached hydrogens (tertiary/aromatic N) is 1. The lowest BCUT2D eigenvalue weighted by atomic mass is 9.91. The van der Waals surface area contributed by atoms with E-state index in [1.807, 2.05) is 0 Å². The summed E-state index contributed by atoms with van der Waals surface area (Å²) in [6.07, 6.45) is 1.12. The van der Waals surface area contributed by atoms with Gasteiger partial charge in [0.2, 0.25) is 5.91 Å². The first-order valence-electron chi connectivity index (χ1n) is 6.81. The fourth-order valence-electron chi connectivity index (χ4n) is 1.90. The first kappa shape index (κ1) is 16.7. The maximum Gasteiger partial charge on any atom is 0.409 e. The van der Waals surface area contributed by atoms with Gasteiger partial charge in [0.15, 0.2) is 0 Å². The Morgan fingerprint density at radius 1 is 1.40 bits per heavy atom. The quantitative estimate of drug-likeness (QED) is 0.758. The lowest BCUT2D eigenvalue weighted by Crippen LogP contribution is -2.52. The third-order valence-corrected chi connectivity index (χ3v) is 4.05. The van der Waals surface area contributed by atoms with E-state index < -0.39 is 5.41 Å². The minimum atomic E-state index is -0.854. The zero-order valence-corrected chi connectivity index (χ0v) is 13.1. The Morgan fingerprint density at radius 2 is 1.95 bits per heavy atom. The normalized spacial score (nSPS) is 16.6. The molecule has 2 amide bonds. The molecule has 0 aliphatic carbocycles. The molecule has 1 rings (SSSR count). The van der Waals surface area contributed by atoms with Crippen LogP contribution in [0.5, 0.6) is 0 Å². The maximum absolute atomic E-state index is 12.1. The number of thiocarbonyl (C=S) groups is 1. The van der Waals surface area contributed by atoms with Gasteiger partial charge in [0.05, 0.1) is 17.0 Å². The summed E-state index contributed by atoms with van der Waals surface area (Å²) in [5.74, 6) is -0.167. The fraction of sp³-hybridized carbons (Fsp3) is 0.769. The number of amides is 2. The van der Waals surface area contributed by atoms with Gasteiger partial charge >= 0.3 is 6.09 Å². The number of hydrogen-bond donors (Lipinski definition) is 2. The van der Waals surface area contributed by atoms with E-state index in [2.05, 4.69) is 5.32 Å². The van der Waals surface area contributed by atoms with E-state index in [4.69, 9.17) is 22.7 Å². The highest BCUT2D eigenvalue weighted by molar-refractivity contribution is 7.80. The van der Waals surface area contributed by atoms with Gasteiger partial charge in [-0.1, -0.05) is 12.2 Å². The van der Waals surface area contributed by atoms with Gasteiger partial charge in [-0.15, -0.1) is 0 Å². The van der Waals surface area contributed by atoms with E-state index in [-0.39, 0.29) is 23.0 Å². The average Bonchev–Trinajstić information content (AvgIpc) is 2.39. The van der Waals surface area contributed by atoms with Crippen LogP contribution < -0.4 is 11.1 Å². The molecule has 0 saturated carbocycles. The Balaban J connectivity index is 2.45. The van der Waals surface area contributed by atoms with Gasteiger partial charge in [-0.3, -0.25) is 4.79 Å². The Morgan fingerprint density at radius 3 is 2.40 bits per heavy atom. The summed E-state index contributed by atoms with van der Waals surface area (Å²) in [5.41, 5.74) is 4.72. The van der Waals surface area contributed by atoms with E-state index in [1.165, 1.54) is 0 Å². The van der Waals surface area contributed by atoms with Crippen molar-refractivity contribution in [2.45, 2.75) is 39.7 Å². The molecule has 0 bridgehead atoms. The number of hydrogen-bond acceptors (Lipinski definition) is 4. The number of ether oxygens (including phenoxy) is 1. The van der Waals surface area contributed by atoms with Crippen LogP contribution in [0.4, 0.5) is 4.79 Å². The molecule has 3 N–H and O–H groups in total. The molecule has 114 valence electrons. The van der Waals surface area contributed by atoms with Crippen LogP contribution in [0, 0.1) is 5.41 Å². The number of nitrogens with one attached hydrogen (secondary N) is 1. The van der Waals surface area contributed by atoms with Gasteiger partial charge in [-0.2, -0.15) is 0 Å². The Labute approximate surface area is 125 Å². The van der Waals surface area contributed by atoms with Crippen molar-refractivity contribution in [3.05, 3.63) is 0 Å². The van der Waals surface area contributed by atoms with Crippen molar-refractivity contribution >= 4 is 29.2 Å². The van der Waals surface area contributed by atoms with Gasteiger partial charge in [-0.25, -0.2) is 4.79 Å². The standard InChI is InChI=1S/C13H23N3O3S/c1-4-19-12(18)16-7-5-9(6-8-16)15-11(17)13(2,3)10(14)20/h9H,4-8H2,1-3H3,(H2,14,20)(H,15,17). The molecular weight excluding hydrogens is 278 g/mol. The highest BCUT2D eigenvalue weighted by Gasteiger charge is 2.33. The minimum absolute atomic E-state index is 0.0433. The summed E-state index contributed by atoms with van der Waals surface area (Å²) in [6, 6.07) is 0.0433. The lowest BCUT2D eigenvalue weighted by molar-refractivity contribution is -0.127. The van der Waals surface area contributed by atoms with Gasteiger partial charge < -0.3 is 20.7 Å². The third kappa shape index (κ3) is 4.06. The van der Waals surface area contributed by atoms with E-state index in [9.17, 15) is 9.59 Å². The summed E-state index contributed by atoms with van der Waals surface area (Å²) in [4.78, 5) is 25.5. The van der Waals surface area contributed by atoms with Crippen molar-refractivity contribution < 1.29 is 14.3 Å². The second kappa shape index (κ2) is 6.88. The van der Waals surface area contributed by atoms with E-state index in [1.54, 1.807) is 25.7 Å². The predicted octanol–water partition coefficient (Wildman–Crippen LogP) is 1.04. The number of rotatable bonds is 4. The van der Waals surface area contributed by atoms with Crippen molar-refractivity contribution in [2.24, 2.45) is 11.1 Å². The van der Waals surface area contributed by atoms with Crippen LogP contribution in [0.1, 0.15) is 33.6 Å². The Kier molecular flexibility index (Phi) is 5.74. The lowest BCUT2D eigenvalue weighted by Gasteiger charge is -2.33. The van der Waals surface area contributed by atoms with Crippen LogP contribution in [0.25, 0.3) is 0 Å². The molecule has 6 nitrogen and oxygen atoms in total. The Bertz CT molecular complexity index is 390. The van der Waals surface area contributed by atoms with Crippen molar-refractivity contribution in [2.75, 3.05) is 19.7 Å². The zero-order chi connectivity index (χ0) is 15.3. The van der Waals surface area contributed by atoms with Crippen molar-refractivity contribution in [3.63, 3.8) is 0 Å². The maximum atomic E-state index is 12.1. The molecule has 0 spiro atoms. The summed E-state index contributed by atoms with van der Waals surface area (Å²) in [7, 11) is 0. The van der Waals surface area contributed by atoms with Gasteiger partial charge in [0, 0.05) is 19.1 Å². The van der Waals surface area contributed by atoms with Crippen LogP contribution in [-0.2, 0) is 9.53 Å². The number of nitrogens with two attached hydrogens (primary N) is 1. The molecule has 1 aliphatic heterocycles. The topological polar surface area (TPSA) is 84.7 Å². The molecule has 0 aromatic carbocycles. The van der Waals surface area contributed by atoms with E-state index in [0.717, 1.165) is 0 Å². The summed E-state index contributed by atoms with van der Waals surface area (Å²) in [5, 5.41) is 2.95. The minimum Gasteiger partial charge on any atom is -0.450 e. The zero-order valence-electron chi connectivity index (χ0n) is 12.3. The molecule has 1 fully saturated rings. The summed E-state index contributed by atoms with van der Waals surface area (Å²) < 4.78 is 4.95. The molecular formula is C13H23N3O3S. The van der Waals surface area contributed by atoms with E-state index in [0.29, 0.717) is 32.5 Å². The third-order valence-electron chi connectivity index (χ3n) is 3.54. The first-order valence-corrected chi connectivity index (χ1v) is 7.22.